The second-order valence-corrected chi connectivity index (χ2v) is 5.62. The Kier molecular flexibility index (Phi) is 5.03. The summed E-state index contributed by atoms with van der Waals surface area (Å²) in [4.78, 5) is 1.41. The molecule has 0 atom stereocenters. The van der Waals surface area contributed by atoms with Crippen LogP contribution in [-0.2, 0) is 6.54 Å². The number of aromatic nitrogens is 3. The topological polar surface area (TPSA) is 44.4 Å². The lowest BCUT2D eigenvalue weighted by atomic mass is 10.2. The molecule has 108 valence electrons. The van der Waals surface area contributed by atoms with E-state index in [0.29, 0.717) is 0 Å². The van der Waals surface area contributed by atoms with Crippen molar-refractivity contribution in [2.75, 3.05) is 34.0 Å². The average molecular weight is 293 g/mol. The maximum atomic E-state index is 5.19. The molecule has 1 aromatic heterocycles. The molecule has 0 unspecified atom stereocenters. The molecule has 5 nitrogen and oxygen atoms in total. The standard InChI is InChI=1S/C14H20N4OS/c1-17(2)9-10-18-13(15-16-14(18)20-4)11-5-7-12(19-3)8-6-11/h5-8H,9-10H2,1-4H3/p+1. The number of rotatable bonds is 6. The summed E-state index contributed by atoms with van der Waals surface area (Å²) in [7, 11) is 5.97. The normalized spacial score (nSPS) is 11.1. The van der Waals surface area contributed by atoms with E-state index in [1.807, 2.05) is 30.5 Å². The number of thioether (sulfide) groups is 1. The summed E-state index contributed by atoms with van der Waals surface area (Å²) in [5, 5.41) is 9.56. The van der Waals surface area contributed by atoms with Gasteiger partial charge in [0.25, 0.3) is 0 Å². The fourth-order valence-electron chi connectivity index (χ4n) is 1.93. The Hall–Kier alpha value is -1.53. The van der Waals surface area contributed by atoms with Crippen LogP contribution < -0.4 is 9.64 Å². The number of nitrogens with zero attached hydrogens (tertiary/aromatic N) is 3. The molecule has 0 aliphatic carbocycles. The van der Waals surface area contributed by atoms with Gasteiger partial charge < -0.3 is 9.64 Å². The fraction of sp³-hybridized carbons (Fsp3) is 0.429. The van der Waals surface area contributed by atoms with Crippen molar-refractivity contribution < 1.29 is 9.64 Å². The Labute approximate surface area is 124 Å². The van der Waals surface area contributed by atoms with Crippen molar-refractivity contribution in [3.8, 4) is 17.1 Å². The molecular formula is C14H21N4OS+. The molecule has 0 saturated heterocycles. The van der Waals surface area contributed by atoms with Gasteiger partial charge in [-0.05, 0) is 30.5 Å². The van der Waals surface area contributed by atoms with Gasteiger partial charge in [-0.3, -0.25) is 4.57 Å². The van der Waals surface area contributed by atoms with Gasteiger partial charge in [0.15, 0.2) is 11.0 Å². The molecular weight excluding hydrogens is 272 g/mol. The van der Waals surface area contributed by atoms with Gasteiger partial charge in [0.1, 0.15) is 5.75 Å². The molecule has 20 heavy (non-hydrogen) atoms. The second-order valence-electron chi connectivity index (χ2n) is 4.85. The molecule has 0 aliphatic rings. The quantitative estimate of drug-likeness (QED) is 0.801. The summed E-state index contributed by atoms with van der Waals surface area (Å²) in [6.07, 6.45) is 2.03. The Bertz CT molecular complexity index is 551. The largest absolute Gasteiger partial charge is 0.497 e. The van der Waals surface area contributed by atoms with Gasteiger partial charge in [-0.2, -0.15) is 0 Å². The van der Waals surface area contributed by atoms with Gasteiger partial charge in [-0.15, -0.1) is 10.2 Å². The predicted octanol–water partition coefficient (Wildman–Crippen LogP) is 0.820. The van der Waals surface area contributed by atoms with Crippen LogP contribution in [0.15, 0.2) is 29.4 Å². The van der Waals surface area contributed by atoms with Gasteiger partial charge in [0.2, 0.25) is 0 Å². The van der Waals surface area contributed by atoms with E-state index in [9.17, 15) is 0 Å². The molecule has 0 fully saturated rings. The van der Waals surface area contributed by atoms with Crippen LogP contribution in [0, 0.1) is 0 Å². The molecule has 0 amide bonds. The minimum atomic E-state index is 0.850. The minimum absolute atomic E-state index is 0.850. The summed E-state index contributed by atoms with van der Waals surface area (Å²) in [5.74, 6) is 1.76. The van der Waals surface area contributed by atoms with E-state index in [4.69, 9.17) is 4.74 Å². The van der Waals surface area contributed by atoms with Crippen molar-refractivity contribution in [2.45, 2.75) is 11.7 Å². The number of hydrogen-bond acceptors (Lipinski definition) is 4. The lowest BCUT2D eigenvalue weighted by Gasteiger charge is -2.11. The van der Waals surface area contributed by atoms with Crippen molar-refractivity contribution >= 4 is 11.8 Å². The first-order chi connectivity index (χ1) is 9.65. The highest BCUT2D eigenvalue weighted by atomic mass is 32.2. The lowest BCUT2D eigenvalue weighted by molar-refractivity contribution is -0.859. The van der Waals surface area contributed by atoms with E-state index in [1.54, 1.807) is 18.9 Å². The zero-order valence-electron chi connectivity index (χ0n) is 12.4. The highest BCUT2D eigenvalue weighted by molar-refractivity contribution is 7.98. The van der Waals surface area contributed by atoms with Crippen molar-refractivity contribution in [3.63, 3.8) is 0 Å². The number of nitrogens with one attached hydrogen (secondary N) is 1. The van der Waals surface area contributed by atoms with Crippen LogP contribution in [0.2, 0.25) is 0 Å². The smallest absolute Gasteiger partial charge is 0.191 e. The van der Waals surface area contributed by atoms with Crippen molar-refractivity contribution in [2.24, 2.45) is 0 Å². The number of benzene rings is 1. The van der Waals surface area contributed by atoms with Crippen LogP contribution in [0.1, 0.15) is 0 Å². The molecule has 0 saturated carbocycles. The summed E-state index contributed by atoms with van der Waals surface area (Å²) < 4.78 is 7.37. The average Bonchev–Trinajstić information content (AvgIpc) is 2.88. The molecule has 1 N–H and O–H groups in total. The molecule has 1 heterocycles. The molecule has 6 heteroatoms. The first kappa shape index (κ1) is 14.9. The fourth-order valence-corrected chi connectivity index (χ4v) is 2.45. The van der Waals surface area contributed by atoms with E-state index >= 15 is 0 Å². The molecule has 2 aromatic rings. The third-order valence-corrected chi connectivity index (χ3v) is 3.75. The van der Waals surface area contributed by atoms with Crippen LogP contribution in [0.25, 0.3) is 11.4 Å². The molecule has 0 bridgehead atoms. The van der Waals surface area contributed by atoms with Crippen LogP contribution in [0.3, 0.4) is 0 Å². The Morgan fingerprint density at radius 3 is 2.45 bits per heavy atom. The molecule has 0 aliphatic heterocycles. The van der Waals surface area contributed by atoms with Crippen molar-refractivity contribution in [1.82, 2.24) is 14.8 Å². The van der Waals surface area contributed by atoms with E-state index in [-0.39, 0.29) is 0 Å². The summed E-state index contributed by atoms with van der Waals surface area (Å²) in [6.45, 7) is 1.95. The van der Waals surface area contributed by atoms with Gasteiger partial charge in [0, 0.05) is 5.56 Å². The van der Waals surface area contributed by atoms with E-state index < -0.39 is 0 Å². The number of ether oxygens (including phenoxy) is 1. The molecule has 2 rings (SSSR count). The first-order valence-electron chi connectivity index (χ1n) is 6.56. The number of methoxy groups -OCH3 is 1. The van der Waals surface area contributed by atoms with Crippen molar-refractivity contribution in [3.05, 3.63) is 24.3 Å². The van der Waals surface area contributed by atoms with Crippen LogP contribution in [0.4, 0.5) is 0 Å². The molecule has 0 radical (unpaired) electrons. The molecule has 0 spiro atoms. The maximum Gasteiger partial charge on any atom is 0.191 e. The van der Waals surface area contributed by atoms with Gasteiger partial charge in [-0.25, -0.2) is 0 Å². The van der Waals surface area contributed by atoms with Gasteiger partial charge in [-0.1, -0.05) is 11.8 Å². The van der Waals surface area contributed by atoms with E-state index in [1.165, 1.54) is 4.90 Å². The van der Waals surface area contributed by atoms with Gasteiger partial charge >= 0.3 is 0 Å². The van der Waals surface area contributed by atoms with Gasteiger partial charge in [0.05, 0.1) is 34.3 Å². The Morgan fingerprint density at radius 1 is 1.20 bits per heavy atom. The maximum absolute atomic E-state index is 5.19. The summed E-state index contributed by atoms with van der Waals surface area (Å²) in [6, 6.07) is 7.94. The third kappa shape index (κ3) is 3.32. The highest BCUT2D eigenvalue weighted by Gasteiger charge is 2.14. The Morgan fingerprint density at radius 2 is 1.90 bits per heavy atom. The third-order valence-electron chi connectivity index (χ3n) is 3.08. The van der Waals surface area contributed by atoms with E-state index in [0.717, 1.165) is 35.4 Å². The Balaban J connectivity index is 2.31. The number of quaternary nitrogens is 1. The lowest BCUT2D eigenvalue weighted by Crippen LogP contribution is -3.06. The summed E-state index contributed by atoms with van der Waals surface area (Å²) in [5.41, 5.74) is 1.06. The van der Waals surface area contributed by atoms with Crippen LogP contribution in [-0.4, -0.2) is 48.8 Å². The zero-order chi connectivity index (χ0) is 14.5. The molecule has 1 aromatic carbocycles. The second kappa shape index (κ2) is 6.76. The number of hydrogen-bond donors (Lipinski definition) is 1. The van der Waals surface area contributed by atoms with E-state index in [2.05, 4.69) is 28.9 Å². The zero-order valence-corrected chi connectivity index (χ0v) is 13.2. The monoisotopic (exact) mass is 293 g/mol. The summed E-state index contributed by atoms with van der Waals surface area (Å²) >= 11 is 1.63. The predicted molar refractivity (Wildman–Crippen MR) is 81.5 cm³/mol. The van der Waals surface area contributed by atoms with Crippen LogP contribution in [0.5, 0.6) is 5.75 Å². The first-order valence-corrected chi connectivity index (χ1v) is 7.79. The number of likely N-dealkylation sites (N-methyl/N-ethyl adjacent to an activating group) is 1. The minimum Gasteiger partial charge on any atom is -0.497 e. The van der Waals surface area contributed by atoms with Crippen molar-refractivity contribution in [1.29, 1.82) is 0 Å². The van der Waals surface area contributed by atoms with Crippen LogP contribution >= 0.6 is 11.8 Å². The SMILES string of the molecule is COc1ccc(-c2nnc(SC)n2CC[NH+](C)C)cc1. The highest BCUT2D eigenvalue weighted by Crippen LogP contribution is 2.24.